The second kappa shape index (κ2) is 61.9. The Bertz CT molecular complexity index is 1270. The summed E-state index contributed by atoms with van der Waals surface area (Å²) in [6, 6.07) is 0. The van der Waals surface area contributed by atoms with Crippen molar-refractivity contribution in [1.82, 2.24) is 0 Å². The fraction of sp³-hybridized carbons (Fsp3) is 0.836. The van der Waals surface area contributed by atoms with Crippen molar-refractivity contribution in [1.29, 1.82) is 0 Å². The molecule has 0 radical (unpaired) electrons. The van der Waals surface area contributed by atoms with Crippen molar-refractivity contribution in [2.45, 2.75) is 348 Å². The van der Waals surface area contributed by atoms with Gasteiger partial charge in [0.25, 0.3) is 0 Å². The number of unbranched alkanes of at least 4 members (excludes halogenated alkanes) is 40. The van der Waals surface area contributed by atoms with E-state index < -0.39 is 6.10 Å². The molecule has 0 saturated heterocycles. The molecule has 0 aliphatic heterocycles. The third kappa shape index (κ3) is 60.1. The highest BCUT2D eigenvalue weighted by Gasteiger charge is 2.19. The van der Waals surface area contributed by atoms with Crippen LogP contribution in [0.3, 0.4) is 0 Å². The molecule has 0 amide bonds. The zero-order chi connectivity index (χ0) is 52.9. The second-order valence-electron chi connectivity index (χ2n) is 21.7. The van der Waals surface area contributed by atoms with Crippen LogP contribution in [0, 0.1) is 0 Å². The molecule has 0 aromatic rings. The van der Waals surface area contributed by atoms with Crippen LogP contribution in [0.25, 0.3) is 0 Å². The first kappa shape index (κ1) is 70.4. The van der Waals surface area contributed by atoms with Crippen LogP contribution in [0.15, 0.2) is 48.6 Å². The van der Waals surface area contributed by atoms with E-state index in [1.54, 1.807) is 0 Å². The minimum atomic E-state index is -0.773. The van der Waals surface area contributed by atoms with Gasteiger partial charge in [0.2, 0.25) is 0 Å². The summed E-state index contributed by atoms with van der Waals surface area (Å²) in [5.74, 6) is -0.864. The lowest BCUT2D eigenvalue weighted by Gasteiger charge is -2.18. The minimum Gasteiger partial charge on any atom is -0.462 e. The predicted molar refractivity (Wildman–Crippen MR) is 316 cm³/mol. The summed E-state index contributed by atoms with van der Waals surface area (Å²) in [5.41, 5.74) is 0. The fourth-order valence-electron chi connectivity index (χ4n) is 9.45. The van der Waals surface area contributed by atoms with E-state index in [4.69, 9.17) is 14.2 Å². The number of rotatable bonds is 59. The summed E-state index contributed by atoms with van der Waals surface area (Å²) in [6.45, 7) is 6.64. The zero-order valence-electron chi connectivity index (χ0n) is 48.9. The van der Waals surface area contributed by atoms with Crippen LogP contribution in [0.4, 0.5) is 0 Å². The van der Waals surface area contributed by atoms with Crippen LogP contribution in [0.1, 0.15) is 342 Å². The Kier molecular flexibility index (Phi) is 59.7. The van der Waals surface area contributed by atoms with Crippen LogP contribution in [0.2, 0.25) is 0 Å². The molecular weight excluding hydrogens is 901 g/mol. The van der Waals surface area contributed by atoms with Crippen molar-refractivity contribution in [3.8, 4) is 0 Å². The first-order valence-electron chi connectivity index (χ1n) is 32.1. The summed E-state index contributed by atoms with van der Waals surface area (Å²) in [7, 11) is 0. The first-order chi connectivity index (χ1) is 36.0. The Morgan fingerprint density at radius 3 is 0.795 bits per heavy atom. The average molecular weight is 1020 g/mol. The Hall–Kier alpha value is -2.63. The molecule has 0 bridgehead atoms. The Morgan fingerprint density at radius 2 is 0.493 bits per heavy atom. The van der Waals surface area contributed by atoms with Gasteiger partial charge in [-0.2, -0.15) is 0 Å². The molecule has 6 heteroatoms. The van der Waals surface area contributed by atoms with E-state index >= 15 is 0 Å². The first-order valence-corrected chi connectivity index (χ1v) is 32.1. The number of allylic oxidation sites excluding steroid dienone is 8. The average Bonchev–Trinajstić information content (AvgIpc) is 3.39. The molecule has 0 aliphatic rings. The molecule has 0 heterocycles. The topological polar surface area (TPSA) is 78.9 Å². The van der Waals surface area contributed by atoms with Gasteiger partial charge in [-0.25, -0.2) is 0 Å². The second-order valence-corrected chi connectivity index (χ2v) is 21.7. The lowest BCUT2D eigenvalue weighted by atomic mass is 10.0. The van der Waals surface area contributed by atoms with Gasteiger partial charge in [-0.15, -0.1) is 0 Å². The SMILES string of the molecule is CCCCCC/C=C\CCCCCCCC(=O)OC(COC(=O)CCCCCCCCCCCCC)COC(=O)CCCCCCCCCCCCCCCCCC/C=C\C/C=C\C/C=C\CCCCCCC. The maximum atomic E-state index is 12.8. The van der Waals surface area contributed by atoms with E-state index in [2.05, 4.69) is 69.4 Å². The van der Waals surface area contributed by atoms with Gasteiger partial charge in [0, 0.05) is 19.3 Å². The van der Waals surface area contributed by atoms with Crippen LogP contribution in [-0.4, -0.2) is 37.2 Å². The molecule has 1 unspecified atom stereocenters. The van der Waals surface area contributed by atoms with Crippen molar-refractivity contribution in [3.63, 3.8) is 0 Å². The van der Waals surface area contributed by atoms with Crippen molar-refractivity contribution in [3.05, 3.63) is 48.6 Å². The molecule has 0 aliphatic carbocycles. The van der Waals surface area contributed by atoms with Gasteiger partial charge in [-0.3, -0.25) is 14.4 Å². The standard InChI is InChI=1S/C67H122O6/c1-4-7-10-13-16-19-22-24-25-26-27-28-29-30-31-32-33-34-35-36-37-38-39-40-41-43-45-48-51-54-57-60-66(69)72-63-64(62-71-65(68)59-56-53-50-47-44-21-18-15-12-9-6-3)73-67(70)61-58-55-52-49-46-42-23-20-17-14-11-8-5-2/h20,22-24,26-27,29-30,64H,4-19,21,25,28,31-63H2,1-3H3/b23-20-,24-22-,27-26-,30-29-. The van der Waals surface area contributed by atoms with E-state index in [9.17, 15) is 14.4 Å². The third-order valence-electron chi connectivity index (χ3n) is 14.3. The summed E-state index contributed by atoms with van der Waals surface area (Å²) in [6.07, 6.45) is 77.1. The molecule has 1 atom stereocenters. The molecule has 0 N–H and O–H groups in total. The smallest absolute Gasteiger partial charge is 0.306 e. The maximum absolute atomic E-state index is 12.8. The normalized spacial score (nSPS) is 12.3. The number of hydrogen-bond donors (Lipinski definition) is 0. The molecule has 0 saturated carbocycles. The van der Waals surface area contributed by atoms with Gasteiger partial charge in [-0.1, -0.05) is 288 Å². The molecule has 0 rings (SSSR count). The lowest BCUT2D eigenvalue weighted by Crippen LogP contribution is -2.30. The monoisotopic (exact) mass is 1020 g/mol. The molecule has 73 heavy (non-hydrogen) atoms. The number of hydrogen-bond acceptors (Lipinski definition) is 6. The molecule has 6 nitrogen and oxygen atoms in total. The molecule has 0 spiro atoms. The Balaban J connectivity index is 4.09. The van der Waals surface area contributed by atoms with E-state index in [0.717, 1.165) is 77.0 Å². The summed E-state index contributed by atoms with van der Waals surface area (Å²) >= 11 is 0. The van der Waals surface area contributed by atoms with Crippen LogP contribution >= 0.6 is 0 Å². The van der Waals surface area contributed by atoms with Crippen molar-refractivity contribution >= 4 is 17.9 Å². The number of esters is 3. The largest absolute Gasteiger partial charge is 0.462 e. The highest BCUT2D eigenvalue weighted by molar-refractivity contribution is 5.71. The minimum absolute atomic E-state index is 0.0719. The zero-order valence-corrected chi connectivity index (χ0v) is 48.9. The van der Waals surface area contributed by atoms with Gasteiger partial charge in [0.15, 0.2) is 6.10 Å². The number of carbonyl (C=O) groups is 3. The Morgan fingerprint density at radius 1 is 0.274 bits per heavy atom. The molecule has 0 fully saturated rings. The van der Waals surface area contributed by atoms with E-state index in [1.807, 2.05) is 0 Å². The molecule has 426 valence electrons. The van der Waals surface area contributed by atoms with Crippen LogP contribution in [0.5, 0.6) is 0 Å². The third-order valence-corrected chi connectivity index (χ3v) is 14.3. The highest BCUT2D eigenvalue weighted by Crippen LogP contribution is 2.17. The van der Waals surface area contributed by atoms with Gasteiger partial charge in [-0.05, 0) is 83.5 Å². The number of carbonyl (C=O) groups excluding carboxylic acids is 3. The number of ether oxygens (including phenoxy) is 3. The fourth-order valence-corrected chi connectivity index (χ4v) is 9.45. The maximum Gasteiger partial charge on any atom is 0.306 e. The lowest BCUT2D eigenvalue weighted by molar-refractivity contribution is -0.167. The van der Waals surface area contributed by atoms with E-state index in [1.165, 1.54) is 225 Å². The van der Waals surface area contributed by atoms with Crippen molar-refractivity contribution in [2.75, 3.05) is 13.2 Å². The van der Waals surface area contributed by atoms with Gasteiger partial charge >= 0.3 is 17.9 Å². The molecule has 0 aromatic carbocycles. The molecular formula is C67H122O6. The van der Waals surface area contributed by atoms with E-state index in [-0.39, 0.29) is 31.1 Å². The summed E-state index contributed by atoms with van der Waals surface area (Å²) in [5, 5.41) is 0. The van der Waals surface area contributed by atoms with Crippen molar-refractivity contribution < 1.29 is 28.6 Å². The highest BCUT2D eigenvalue weighted by atomic mass is 16.6. The van der Waals surface area contributed by atoms with Crippen LogP contribution < -0.4 is 0 Å². The summed E-state index contributed by atoms with van der Waals surface area (Å²) < 4.78 is 16.9. The van der Waals surface area contributed by atoms with Gasteiger partial charge in [0.1, 0.15) is 13.2 Å². The summed E-state index contributed by atoms with van der Waals surface area (Å²) in [4.78, 5) is 38.1. The van der Waals surface area contributed by atoms with Crippen molar-refractivity contribution in [2.24, 2.45) is 0 Å². The van der Waals surface area contributed by atoms with Gasteiger partial charge < -0.3 is 14.2 Å². The van der Waals surface area contributed by atoms with Gasteiger partial charge in [0.05, 0.1) is 0 Å². The molecule has 0 aromatic heterocycles. The Labute approximate surface area is 454 Å². The van der Waals surface area contributed by atoms with E-state index in [0.29, 0.717) is 19.3 Å². The quantitative estimate of drug-likeness (QED) is 0.0261. The van der Waals surface area contributed by atoms with Crippen LogP contribution in [-0.2, 0) is 28.6 Å². The predicted octanol–water partition coefficient (Wildman–Crippen LogP) is 21.8.